The molecule has 1 saturated heterocycles. The van der Waals surface area contributed by atoms with E-state index in [1.807, 2.05) is 19.1 Å². The Morgan fingerprint density at radius 3 is 2.75 bits per heavy atom. The van der Waals surface area contributed by atoms with Crippen molar-refractivity contribution in [1.82, 2.24) is 10.3 Å². The molecular weight excluding hydrogens is 318 g/mol. The van der Waals surface area contributed by atoms with Crippen LogP contribution in [0.15, 0.2) is 22.7 Å². The number of halogens is 1. The maximum atomic E-state index is 5.30. The first-order valence-electron chi connectivity index (χ1n) is 6.80. The van der Waals surface area contributed by atoms with Crippen molar-refractivity contribution in [3.05, 3.63) is 28.4 Å². The fourth-order valence-corrected chi connectivity index (χ4v) is 3.20. The summed E-state index contributed by atoms with van der Waals surface area (Å²) in [6.45, 7) is 6.11. The summed E-state index contributed by atoms with van der Waals surface area (Å²) >= 11 is 3.72. The van der Waals surface area contributed by atoms with Crippen molar-refractivity contribution in [1.29, 1.82) is 0 Å². The number of piperazine rings is 1. The zero-order valence-corrected chi connectivity index (χ0v) is 13.3. The molecule has 0 saturated carbocycles. The van der Waals surface area contributed by atoms with E-state index in [2.05, 4.69) is 37.2 Å². The summed E-state index contributed by atoms with van der Waals surface area (Å²) in [5, 5.41) is 4.56. The Labute approximate surface area is 127 Å². The van der Waals surface area contributed by atoms with Crippen LogP contribution in [0.1, 0.15) is 5.69 Å². The van der Waals surface area contributed by atoms with Crippen LogP contribution >= 0.6 is 15.9 Å². The maximum absolute atomic E-state index is 5.30. The van der Waals surface area contributed by atoms with E-state index in [0.29, 0.717) is 0 Å². The van der Waals surface area contributed by atoms with Gasteiger partial charge in [-0.15, -0.1) is 0 Å². The molecule has 1 aliphatic heterocycles. The number of benzene rings is 1. The Hall–Kier alpha value is -1.33. The monoisotopic (exact) mass is 335 g/mol. The summed E-state index contributed by atoms with van der Waals surface area (Å²) in [5.41, 5.74) is 3.24. The van der Waals surface area contributed by atoms with Crippen LogP contribution < -0.4 is 15.0 Å². The SMILES string of the molecule is COc1ccc2c(N3CCNCC3)c(Br)c(C)nc2c1. The van der Waals surface area contributed by atoms with E-state index in [1.165, 1.54) is 11.1 Å². The quantitative estimate of drug-likeness (QED) is 0.915. The second kappa shape index (κ2) is 5.58. The number of aromatic nitrogens is 1. The van der Waals surface area contributed by atoms with Crippen molar-refractivity contribution in [2.24, 2.45) is 0 Å². The van der Waals surface area contributed by atoms with Crippen LogP contribution in [0.25, 0.3) is 10.9 Å². The highest BCUT2D eigenvalue weighted by atomic mass is 79.9. The number of methoxy groups -OCH3 is 1. The molecule has 0 aliphatic carbocycles. The Morgan fingerprint density at radius 2 is 2.05 bits per heavy atom. The van der Waals surface area contributed by atoms with Crippen LogP contribution in [-0.2, 0) is 0 Å². The fourth-order valence-electron chi connectivity index (χ4n) is 2.65. The lowest BCUT2D eigenvalue weighted by atomic mass is 10.1. The number of pyridine rings is 1. The molecule has 0 radical (unpaired) electrons. The van der Waals surface area contributed by atoms with E-state index < -0.39 is 0 Å². The van der Waals surface area contributed by atoms with Crippen LogP contribution in [0, 0.1) is 6.92 Å². The van der Waals surface area contributed by atoms with Crippen LogP contribution in [0.2, 0.25) is 0 Å². The van der Waals surface area contributed by atoms with Gasteiger partial charge in [0.1, 0.15) is 5.75 Å². The van der Waals surface area contributed by atoms with Gasteiger partial charge in [-0.3, -0.25) is 4.98 Å². The molecular formula is C15H18BrN3O. The van der Waals surface area contributed by atoms with Crippen LogP contribution in [-0.4, -0.2) is 38.3 Å². The number of rotatable bonds is 2. The van der Waals surface area contributed by atoms with Gasteiger partial charge < -0.3 is 15.0 Å². The van der Waals surface area contributed by atoms with E-state index in [1.54, 1.807) is 7.11 Å². The molecule has 0 unspecified atom stereocenters. The van der Waals surface area contributed by atoms with Crippen LogP contribution in [0.3, 0.4) is 0 Å². The van der Waals surface area contributed by atoms with Crippen molar-refractivity contribution in [3.63, 3.8) is 0 Å². The third kappa shape index (κ3) is 2.36. The van der Waals surface area contributed by atoms with Crippen molar-refractivity contribution in [3.8, 4) is 5.75 Å². The molecule has 0 bridgehead atoms. The molecule has 20 heavy (non-hydrogen) atoms. The Balaban J connectivity index is 2.19. The summed E-state index contributed by atoms with van der Waals surface area (Å²) in [6, 6.07) is 6.10. The van der Waals surface area contributed by atoms with Crippen molar-refractivity contribution in [2.75, 3.05) is 38.2 Å². The highest BCUT2D eigenvalue weighted by Gasteiger charge is 2.19. The molecule has 2 heterocycles. The zero-order valence-electron chi connectivity index (χ0n) is 11.7. The van der Waals surface area contributed by atoms with Gasteiger partial charge in [0.25, 0.3) is 0 Å². The molecule has 1 N–H and O–H groups in total. The van der Waals surface area contributed by atoms with E-state index in [9.17, 15) is 0 Å². The van der Waals surface area contributed by atoms with E-state index in [4.69, 9.17) is 4.74 Å². The number of nitrogens with one attached hydrogen (secondary N) is 1. The average molecular weight is 336 g/mol. The summed E-state index contributed by atoms with van der Waals surface area (Å²) in [5.74, 6) is 0.845. The molecule has 0 spiro atoms. The molecule has 4 nitrogen and oxygen atoms in total. The van der Waals surface area contributed by atoms with Crippen molar-refractivity contribution in [2.45, 2.75) is 6.92 Å². The first-order chi connectivity index (χ1) is 9.70. The van der Waals surface area contributed by atoms with Gasteiger partial charge in [-0.2, -0.15) is 0 Å². The number of ether oxygens (including phenoxy) is 1. The topological polar surface area (TPSA) is 37.4 Å². The third-order valence-corrected chi connectivity index (χ3v) is 4.66. The highest BCUT2D eigenvalue weighted by Crippen LogP contribution is 2.37. The number of hydrogen-bond donors (Lipinski definition) is 1. The van der Waals surface area contributed by atoms with Gasteiger partial charge in [-0.25, -0.2) is 0 Å². The summed E-state index contributed by atoms with van der Waals surface area (Å²) in [4.78, 5) is 7.09. The molecule has 1 aliphatic rings. The van der Waals surface area contributed by atoms with Gasteiger partial charge in [0, 0.05) is 37.6 Å². The van der Waals surface area contributed by atoms with Gasteiger partial charge >= 0.3 is 0 Å². The summed E-state index contributed by atoms with van der Waals surface area (Å²) in [7, 11) is 1.68. The molecule has 3 rings (SSSR count). The predicted molar refractivity (Wildman–Crippen MR) is 85.8 cm³/mol. The number of anilines is 1. The molecule has 2 aromatic rings. The number of fused-ring (bicyclic) bond motifs is 1. The lowest BCUT2D eigenvalue weighted by molar-refractivity contribution is 0.415. The summed E-state index contributed by atoms with van der Waals surface area (Å²) < 4.78 is 6.40. The average Bonchev–Trinajstić information content (AvgIpc) is 2.49. The molecule has 106 valence electrons. The van der Waals surface area contributed by atoms with Crippen LogP contribution in [0.5, 0.6) is 5.75 Å². The lowest BCUT2D eigenvalue weighted by Gasteiger charge is -2.31. The maximum Gasteiger partial charge on any atom is 0.121 e. The second-order valence-corrected chi connectivity index (χ2v) is 5.77. The number of nitrogens with zero attached hydrogens (tertiary/aromatic N) is 2. The molecule has 1 fully saturated rings. The van der Waals surface area contributed by atoms with Gasteiger partial charge in [0.05, 0.1) is 28.5 Å². The fraction of sp³-hybridized carbons (Fsp3) is 0.400. The smallest absolute Gasteiger partial charge is 0.121 e. The lowest BCUT2D eigenvalue weighted by Crippen LogP contribution is -2.43. The Morgan fingerprint density at radius 1 is 1.30 bits per heavy atom. The van der Waals surface area contributed by atoms with Gasteiger partial charge in [-0.05, 0) is 35.0 Å². The minimum atomic E-state index is 0.845. The molecule has 0 amide bonds. The largest absolute Gasteiger partial charge is 0.497 e. The number of aryl methyl sites for hydroxylation is 1. The van der Waals surface area contributed by atoms with Crippen LogP contribution in [0.4, 0.5) is 5.69 Å². The second-order valence-electron chi connectivity index (χ2n) is 4.98. The molecule has 1 aromatic heterocycles. The van der Waals surface area contributed by atoms with E-state index in [0.717, 1.165) is 47.6 Å². The first-order valence-corrected chi connectivity index (χ1v) is 7.59. The Kier molecular flexibility index (Phi) is 3.81. The van der Waals surface area contributed by atoms with Crippen molar-refractivity contribution < 1.29 is 4.74 Å². The zero-order chi connectivity index (χ0) is 14.1. The van der Waals surface area contributed by atoms with Gasteiger partial charge in [0.15, 0.2) is 0 Å². The molecule has 1 aromatic carbocycles. The molecule has 5 heteroatoms. The minimum absolute atomic E-state index is 0.845. The predicted octanol–water partition coefficient (Wildman–Crippen LogP) is 2.72. The Bertz CT molecular complexity index is 639. The van der Waals surface area contributed by atoms with Crippen molar-refractivity contribution >= 4 is 32.5 Å². The highest BCUT2D eigenvalue weighted by molar-refractivity contribution is 9.10. The molecule has 0 atom stereocenters. The minimum Gasteiger partial charge on any atom is -0.497 e. The van der Waals surface area contributed by atoms with Gasteiger partial charge in [0.2, 0.25) is 0 Å². The third-order valence-electron chi connectivity index (χ3n) is 3.71. The van der Waals surface area contributed by atoms with E-state index in [-0.39, 0.29) is 0 Å². The summed E-state index contributed by atoms with van der Waals surface area (Å²) in [6.07, 6.45) is 0. The number of hydrogen-bond acceptors (Lipinski definition) is 4. The van der Waals surface area contributed by atoms with Gasteiger partial charge in [-0.1, -0.05) is 0 Å². The standard InChI is InChI=1S/C15H18BrN3O/c1-10-14(16)15(19-7-5-17-6-8-19)12-4-3-11(20-2)9-13(12)18-10/h3-4,9,17H,5-8H2,1-2H3. The first kappa shape index (κ1) is 13.6. The normalized spacial score (nSPS) is 15.7. The van der Waals surface area contributed by atoms with E-state index >= 15 is 0 Å².